The van der Waals surface area contributed by atoms with Crippen LogP contribution in [0.2, 0.25) is 0 Å². The lowest BCUT2D eigenvalue weighted by Gasteiger charge is -2.35. The smallest absolute Gasteiger partial charge is 0.0270 e. The standard InChI is InChI=1S/C16H18N2/c17-16(11-13-6-9-18-10-7-13)8-5-14-3-1-2-4-15(14)12-16/h1-4,6-7,9-10H,5,8,11-12,17H2. The second-order valence-electron chi connectivity index (χ2n) is 5.34. The predicted octanol–water partition coefficient (Wildman–Crippen LogP) is 2.51. The molecule has 1 aromatic heterocycles. The van der Waals surface area contributed by atoms with Crippen molar-refractivity contribution in [3.05, 3.63) is 65.5 Å². The number of hydrogen-bond acceptors (Lipinski definition) is 2. The van der Waals surface area contributed by atoms with E-state index in [1.165, 1.54) is 16.7 Å². The molecule has 0 radical (unpaired) electrons. The van der Waals surface area contributed by atoms with Gasteiger partial charge >= 0.3 is 0 Å². The van der Waals surface area contributed by atoms with E-state index in [4.69, 9.17) is 5.73 Å². The minimum atomic E-state index is -0.101. The Morgan fingerprint density at radius 2 is 1.78 bits per heavy atom. The van der Waals surface area contributed by atoms with Crippen LogP contribution in [0.1, 0.15) is 23.1 Å². The quantitative estimate of drug-likeness (QED) is 0.873. The number of aryl methyl sites for hydroxylation is 1. The summed E-state index contributed by atoms with van der Waals surface area (Å²) in [6, 6.07) is 12.8. The van der Waals surface area contributed by atoms with Crippen molar-refractivity contribution < 1.29 is 0 Å². The molecule has 3 rings (SSSR count). The van der Waals surface area contributed by atoms with Crippen molar-refractivity contribution >= 4 is 0 Å². The third kappa shape index (κ3) is 2.29. The zero-order chi connectivity index (χ0) is 12.4. The number of hydrogen-bond donors (Lipinski definition) is 1. The third-order valence-electron chi connectivity index (χ3n) is 3.86. The average molecular weight is 238 g/mol. The van der Waals surface area contributed by atoms with Crippen molar-refractivity contribution in [3.63, 3.8) is 0 Å². The molecular formula is C16H18N2. The SMILES string of the molecule is NC1(Cc2ccncc2)CCc2ccccc2C1. The molecule has 1 aliphatic rings. The zero-order valence-corrected chi connectivity index (χ0v) is 10.5. The summed E-state index contributed by atoms with van der Waals surface area (Å²) < 4.78 is 0. The minimum absolute atomic E-state index is 0.101. The van der Waals surface area contributed by atoms with Crippen molar-refractivity contribution in [2.45, 2.75) is 31.2 Å². The summed E-state index contributed by atoms with van der Waals surface area (Å²) in [6.45, 7) is 0. The maximum absolute atomic E-state index is 6.59. The van der Waals surface area contributed by atoms with Gasteiger partial charge in [-0.3, -0.25) is 4.98 Å². The number of rotatable bonds is 2. The van der Waals surface area contributed by atoms with Gasteiger partial charge in [-0.2, -0.15) is 0 Å². The van der Waals surface area contributed by atoms with E-state index in [-0.39, 0.29) is 5.54 Å². The normalized spacial score (nSPS) is 22.5. The number of aromatic nitrogens is 1. The first kappa shape index (κ1) is 11.4. The first-order valence-corrected chi connectivity index (χ1v) is 6.50. The van der Waals surface area contributed by atoms with E-state index in [1.807, 2.05) is 12.4 Å². The van der Waals surface area contributed by atoms with Gasteiger partial charge < -0.3 is 5.73 Å². The molecule has 1 heterocycles. The Labute approximate surface area is 108 Å². The van der Waals surface area contributed by atoms with E-state index >= 15 is 0 Å². The number of nitrogens with zero attached hydrogens (tertiary/aromatic N) is 1. The monoisotopic (exact) mass is 238 g/mol. The summed E-state index contributed by atoms with van der Waals surface area (Å²) in [4.78, 5) is 4.06. The van der Waals surface area contributed by atoms with Gasteiger partial charge in [0.1, 0.15) is 0 Å². The van der Waals surface area contributed by atoms with E-state index in [2.05, 4.69) is 41.4 Å². The molecule has 2 aromatic rings. The Morgan fingerprint density at radius 3 is 2.56 bits per heavy atom. The molecule has 1 unspecified atom stereocenters. The van der Waals surface area contributed by atoms with Crippen LogP contribution in [0.15, 0.2) is 48.8 Å². The Kier molecular flexibility index (Phi) is 2.88. The lowest BCUT2D eigenvalue weighted by atomic mass is 9.75. The van der Waals surface area contributed by atoms with E-state index in [0.717, 1.165) is 25.7 Å². The number of nitrogens with two attached hydrogens (primary N) is 1. The van der Waals surface area contributed by atoms with Gasteiger partial charge in [-0.25, -0.2) is 0 Å². The van der Waals surface area contributed by atoms with Crippen LogP contribution in [0, 0.1) is 0 Å². The largest absolute Gasteiger partial charge is 0.324 e. The van der Waals surface area contributed by atoms with E-state index < -0.39 is 0 Å². The molecule has 0 fully saturated rings. The summed E-state index contributed by atoms with van der Waals surface area (Å²) in [5, 5.41) is 0. The molecule has 1 aromatic carbocycles. The molecule has 1 aliphatic carbocycles. The van der Waals surface area contributed by atoms with Gasteiger partial charge in [0.15, 0.2) is 0 Å². The number of pyridine rings is 1. The Balaban J connectivity index is 1.82. The fourth-order valence-electron chi connectivity index (χ4n) is 2.88. The van der Waals surface area contributed by atoms with Crippen molar-refractivity contribution in [1.82, 2.24) is 4.98 Å². The molecule has 0 bridgehead atoms. The van der Waals surface area contributed by atoms with Crippen LogP contribution >= 0.6 is 0 Å². The summed E-state index contributed by atoms with van der Waals surface area (Å²) in [5.74, 6) is 0. The predicted molar refractivity (Wildman–Crippen MR) is 73.3 cm³/mol. The van der Waals surface area contributed by atoms with Gasteiger partial charge in [-0.1, -0.05) is 24.3 Å². The fraction of sp³-hybridized carbons (Fsp3) is 0.312. The Bertz CT molecular complexity index is 536. The molecule has 0 spiro atoms. The van der Waals surface area contributed by atoms with Crippen molar-refractivity contribution in [2.24, 2.45) is 5.73 Å². The highest BCUT2D eigenvalue weighted by molar-refractivity contribution is 5.33. The van der Waals surface area contributed by atoms with Crippen LogP contribution in [0.25, 0.3) is 0 Å². The maximum Gasteiger partial charge on any atom is 0.0270 e. The van der Waals surface area contributed by atoms with Crippen LogP contribution < -0.4 is 5.73 Å². The Hall–Kier alpha value is -1.67. The van der Waals surface area contributed by atoms with Gasteiger partial charge in [-0.15, -0.1) is 0 Å². The average Bonchev–Trinajstić information content (AvgIpc) is 2.39. The lowest BCUT2D eigenvalue weighted by Crippen LogP contribution is -2.47. The van der Waals surface area contributed by atoms with Crippen molar-refractivity contribution in [1.29, 1.82) is 0 Å². The highest BCUT2D eigenvalue weighted by Crippen LogP contribution is 2.29. The molecule has 92 valence electrons. The van der Waals surface area contributed by atoms with Crippen LogP contribution in [0.5, 0.6) is 0 Å². The summed E-state index contributed by atoms with van der Waals surface area (Å²) in [6.07, 6.45) is 7.75. The molecule has 0 aliphatic heterocycles. The van der Waals surface area contributed by atoms with Gasteiger partial charge in [0.25, 0.3) is 0 Å². The first-order valence-electron chi connectivity index (χ1n) is 6.50. The third-order valence-corrected chi connectivity index (χ3v) is 3.86. The number of fused-ring (bicyclic) bond motifs is 1. The maximum atomic E-state index is 6.59. The molecule has 0 amide bonds. The summed E-state index contributed by atoms with van der Waals surface area (Å²) in [5.41, 5.74) is 10.7. The molecule has 1 atom stereocenters. The number of benzene rings is 1. The second-order valence-corrected chi connectivity index (χ2v) is 5.34. The van der Waals surface area contributed by atoms with Crippen molar-refractivity contribution in [2.75, 3.05) is 0 Å². The summed E-state index contributed by atoms with van der Waals surface area (Å²) >= 11 is 0. The van der Waals surface area contributed by atoms with Crippen LogP contribution in [-0.2, 0) is 19.3 Å². The molecule has 2 N–H and O–H groups in total. The van der Waals surface area contributed by atoms with E-state index in [0.29, 0.717) is 0 Å². The van der Waals surface area contributed by atoms with Crippen LogP contribution in [0.3, 0.4) is 0 Å². The summed E-state index contributed by atoms with van der Waals surface area (Å²) in [7, 11) is 0. The molecule has 0 saturated heterocycles. The van der Waals surface area contributed by atoms with E-state index in [1.54, 1.807) is 0 Å². The first-order chi connectivity index (χ1) is 8.75. The van der Waals surface area contributed by atoms with Gasteiger partial charge in [0, 0.05) is 17.9 Å². The molecule has 0 saturated carbocycles. The zero-order valence-electron chi connectivity index (χ0n) is 10.5. The fourth-order valence-corrected chi connectivity index (χ4v) is 2.88. The second kappa shape index (κ2) is 4.54. The van der Waals surface area contributed by atoms with E-state index in [9.17, 15) is 0 Å². The topological polar surface area (TPSA) is 38.9 Å². The highest BCUT2D eigenvalue weighted by atomic mass is 14.7. The van der Waals surface area contributed by atoms with Crippen LogP contribution in [0.4, 0.5) is 0 Å². The lowest BCUT2D eigenvalue weighted by molar-refractivity contribution is 0.369. The van der Waals surface area contributed by atoms with Crippen molar-refractivity contribution in [3.8, 4) is 0 Å². The highest BCUT2D eigenvalue weighted by Gasteiger charge is 2.30. The van der Waals surface area contributed by atoms with Crippen LogP contribution in [-0.4, -0.2) is 10.5 Å². The molecule has 18 heavy (non-hydrogen) atoms. The van der Waals surface area contributed by atoms with Gasteiger partial charge in [0.05, 0.1) is 0 Å². The minimum Gasteiger partial charge on any atom is -0.324 e. The molecule has 2 nitrogen and oxygen atoms in total. The van der Waals surface area contributed by atoms with Gasteiger partial charge in [-0.05, 0) is 54.5 Å². The molecule has 2 heteroatoms. The molecular weight excluding hydrogens is 220 g/mol. The Morgan fingerprint density at radius 1 is 1.06 bits per heavy atom. The van der Waals surface area contributed by atoms with Gasteiger partial charge in [0.2, 0.25) is 0 Å².